The lowest BCUT2D eigenvalue weighted by Crippen LogP contribution is -2.47. The van der Waals surface area contributed by atoms with E-state index in [9.17, 15) is 14.7 Å². The van der Waals surface area contributed by atoms with Crippen molar-refractivity contribution in [3.63, 3.8) is 0 Å². The third-order valence-corrected chi connectivity index (χ3v) is 8.84. The molecule has 1 aromatic carbocycles. The van der Waals surface area contributed by atoms with Gasteiger partial charge in [0.05, 0.1) is 11.0 Å². The summed E-state index contributed by atoms with van der Waals surface area (Å²) in [5.74, 6) is 0.905. The normalized spacial score (nSPS) is 21.1. The van der Waals surface area contributed by atoms with Crippen LogP contribution in [0, 0.1) is 17.3 Å². The first-order valence-corrected chi connectivity index (χ1v) is 14.6. The monoisotopic (exact) mass is 513 g/mol. The molecule has 1 N–H and O–H groups in total. The van der Waals surface area contributed by atoms with Gasteiger partial charge in [0.1, 0.15) is 0 Å². The molecule has 3 aliphatic carbocycles. The molecule has 0 saturated heterocycles. The number of unbranched alkanes of at least 4 members (excludes halogenated alkanes) is 1. The topological polar surface area (TPSA) is 75.4 Å². The largest absolute Gasteiger partial charge is 0.476 e. The van der Waals surface area contributed by atoms with Crippen molar-refractivity contribution in [2.45, 2.75) is 112 Å². The molecule has 6 heteroatoms. The second-order valence-electron chi connectivity index (χ2n) is 11.3. The molecule has 3 fully saturated rings. The second-order valence-corrected chi connectivity index (χ2v) is 11.3. The molecule has 5 rings (SSSR count). The third-order valence-electron chi connectivity index (χ3n) is 8.84. The van der Waals surface area contributed by atoms with Crippen LogP contribution in [0.25, 0.3) is 11.0 Å². The number of rotatable bonds is 9. The van der Waals surface area contributed by atoms with Crippen molar-refractivity contribution < 1.29 is 9.90 Å². The predicted molar refractivity (Wildman–Crippen MR) is 154 cm³/mol. The molecule has 0 radical (unpaired) electrons. The first-order chi connectivity index (χ1) is 17.6. The van der Waals surface area contributed by atoms with Gasteiger partial charge in [0, 0.05) is 12.1 Å². The average molecular weight is 514 g/mol. The van der Waals surface area contributed by atoms with E-state index in [2.05, 4.69) is 44.6 Å². The SMILES string of the molecule is CC.CC1(C)C2CCCC1C2.CCCCC(CC(C)n1c(=O)c(C(=O)O)nc2ccccc21)N(C)CC. The molecule has 4 atom stereocenters. The van der Waals surface area contributed by atoms with Crippen molar-refractivity contribution in [2.75, 3.05) is 13.6 Å². The Morgan fingerprint density at radius 3 is 2.30 bits per heavy atom. The molecular weight excluding hydrogens is 462 g/mol. The number of para-hydroxylation sites is 2. The summed E-state index contributed by atoms with van der Waals surface area (Å²) in [6.07, 6.45) is 10.2. The molecule has 0 spiro atoms. The van der Waals surface area contributed by atoms with Gasteiger partial charge in [-0.05, 0) is 82.0 Å². The van der Waals surface area contributed by atoms with Gasteiger partial charge in [-0.3, -0.25) is 4.79 Å². The summed E-state index contributed by atoms with van der Waals surface area (Å²) in [6.45, 7) is 16.1. The van der Waals surface area contributed by atoms with Crippen molar-refractivity contribution >= 4 is 17.0 Å². The van der Waals surface area contributed by atoms with Gasteiger partial charge in [0.15, 0.2) is 0 Å². The summed E-state index contributed by atoms with van der Waals surface area (Å²) in [5.41, 5.74) is 1.01. The molecule has 6 nitrogen and oxygen atoms in total. The third kappa shape index (κ3) is 7.22. The minimum absolute atomic E-state index is 0.121. The summed E-state index contributed by atoms with van der Waals surface area (Å²) >= 11 is 0. The molecule has 3 aliphatic rings. The summed E-state index contributed by atoms with van der Waals surface area (Å²) in [7, 11) is 2.10. The van der Waals surface area contributed by atoms with Crippen LogP contribution in [0.1, 0.15) is 116 Å². The molecule has 2 bridgehead atoms. The maximum absolute atomic E-state index is 12.8. The lowest BCUT2D eigenvalue weighted by atomic mass is 9.49. The molecule has 0 amide bonds. The van der Waals surface area contributed by atoms with E-state index in [1.165, 1.54) is 19.3 Å². The summed E-state index contributed by atoms with van der Waals surface area (Å²) < 4.78 is 1.61. The Balaban J connectivity index is 0.000000360. The van der Waals surface area contributed by atoms with Gasteiger partial charge >= 0.3 is 5.97 Å². The molecule has 1 heterocycles. The highest BCUT2D eigenvalue weighted by Crippen LogP contribution is 2.58. The fraction of sp³-hybridized carbons (Fsp3) is 0.710. The number of fused-ring (bicyclic) bond motifs is 3. The van der Waals surface area contributed by atoms with E-state index in [0.29, 0.717) is 17.1 Å². The quantitative estimate of drug-likeness (QED) is 0.378. The molecule has 37 heavy (non-hydrogen) atoms. The van der Waals surface area contributed by atoms with E-state index in [-0.39, 0.29) is 6.04 Å². The van der Waals surface area contributed by atoms with Crippen molar-refractivity contribution in [1.29, 1.82) is 0 Å². The first kappa shape index (κ1) is 31.0. The number of hydrogen-bond acceptors (Lipinski definition) is 4. The predicted octanol–water partition coefficient (Wildman–Crippen LogP) is 7.42. The smallest absolute Gasteiger partial charge is 0.360 e. The van der Waals surface area contributed by atoms with Crippen LogP contribution >= 0.6 is 0 Å². The fourth-order valence-electron chi connectivity index (χ4n) is 6.16. The Kier molecular flexibility index (Phi) is 11.8. The lowest BCUT2D eigenvalue weighted by Gasteiger charge is -2.56. The van der Waals surface area contributed by atoms with E-state index in [4.69, 9.17) is 0 Å². The minimum Gasteiger partial charge on any atom is -0.476 e. The lowest BCUT2D eigenvalue weighted by molar-refractivity contribution is -0.0646. The van der Waals surface area contributed by atoms with Crippen molar-refractivity contribution in [2.24, 2.45) is 17.3 Å². The van der Waals surface area contributed by atoms with Crippen LogP contribution in [0.4, 0.5) is 0 Å². The van der Waals surface area contributed by atoms with Gasteiger partial charge in [-0.2, -0.15) is 0 Å². The van der Waals surface area contributed by atoms with Gasteiger partial charge in [-0.25, -0.2) is 9.78 Å². The Morgan fingerprint density at radius 2 is 1.81 bits per heavy atom. The molecule has 0 aliphatic heterocycles. The maximum atomic E-state index is 12.8. The molecule has 208 valence electrons. The van der Waals surface area contributed by atoms with Crippen LogP contribution < -0.4 is 5.56 Å². The summed E-state index contributed by atoms with van der Waals surface area (Å²) in [5, 5.41) is 9.37. The van der Waals surface area contributed by atoms with Crippen LogP contribution in [-0.2, 0) is 0 Å². The minimum atomic E-state index is -1.28. The molecular formula is C31H51N3O3. The molecule has 3 saturated carbocycles. The molecule has 4 unspecified atom stereocenters. The van der Waals surface area contributed by atoms with Gasteiger partial charge in [0.25, 0.3) is 5.56 Å². The van der Waals surface area contributed by atoms with Crippen LogP contribution in [-0.4, -0.2) is 45.2 Å². The van der Waals surface area contributed by atoms with Crippen molar-refractivity contribution in [3.05, 3.63) is 40.3 Å². The number of nitrogens with zero attached hydrogens (tertiary/aromatic N) is 3. The van der Waals surface area contributed by atoms with E-state index < -0.39 is 17.2 Å². The highest BCUT2D eigenvalue weighted by Gasteiger charge is 2.49. The highest BCUT2D eigenvalue weighted by atomic mass is 16.4. The van der Waals surface area contributed by atoms with Crippen LogP contribution in [0.15, 0.2) is 29.1 Å². The van der Waals surface area contributed by atoms with E-state index in [1.54, 1.807) is 23.1 Å². The number of carboxylic acid groups (broad SMARTS) is 1. The van der Waals surface area contributed by atoms with Gasteiger partial charge in [-0.1, -0.05) is 72.9 Å². The Hall–Kier alpha value is -2.21. The molecule has 2 aromatic rings. The van der Waals surface area contributed by atoms with Gasteiger partial charge in [0.2, 0.25) is 5.69 Å². The zero-order chi connectivity index (χ0) is 27.8. The number of hydrogen-bond donors (Lipinski definition) is 1. The van der Waals surface area contributed by atoms with Crippen molar-refractivity contribution in [1.82, 2.24) is 14.5 Å². The average Bonchev–Trinajstić information content (AvgIpc) is 2.91. The van der Waals surface area contributed by atoms with E-state index in [0.717, 1.165) is 49.5 Å². The van der Waals surface area contributed by atoms with Crippen LogP contribution in [0.3, 0.4) is 0 Å². The Labute approximate surface area is 224 Å². The summed E-state index contributed by atoms with van der Waals surface area (Å²) in [6, 6.07) is 7.45. The van der Waals surface area contributed by atoms with Gasteiger partial charge < -0.3 is 14.6 Å². The summed E-state index contributed by atoms with van der Waals surface area (Å²) in [4.78, 5) is 30.6. The van der Waals surface area contributed by atoms with Crippen LogP contribution in [0.2, 0.25) is 0 Å². The zero-order valence-corrected chi connectivity index (χ0v) is 24.6. The fourth-order valence-corrected chi connectivity index (χ4v) is 6.16. The number of aromatic nitrogens is 2. The second kappa shape index (κ2) is 14.1. The van der Waals surface area contributed by atoms with Gasteiger partial charge in [-0.15, -0.1) is 0 Å². The zero-order valence-electron chi connectivity index (χ0n) is 24.6. The highest BCUT2D eigenvalue weighted by molar-refractivity contribution is 5.88. The standard InChI is InChI=1S/C20H29N3O3.C9H16.C2H6/c1-5-7-10-15(22(4)6-2)13-14(3)23-17-12-9-8-11-16(17)21-18(19(23)24)20(25)26;1-9(2)7-4-3-5-8(9)6-7;1-2/h8-9,11-12,14-15H,5-7,10,13H2,1-4H3,(H,25,26);7-8H,3-6H2,1-2H3;1-2H3. The Bertz CT molecular complexity index is 1050. The number of benzene rings is 1. The number of carboxylic acids is 1. The first-order valence-electron chi connectivity index (χ1n) is 14.6. The van der Waals surface area contributed by atoms with Crippen LogP contribution in [0.5, 0.6) is 0 Å². The van der Waals surface area contributed by atoms with Crippen molar-refractivity contribution in [3.8, 4) is 0 Å². The maximum Gasteiger partial charge on any atom is 0.360 e. The molecule has 1 aromatic heterocycles. The number of carbonyl (C=O) groups is 1. The Morgan fingerprint density at radius 1 is 1.19 bits per heavy atom. The van der Waals surface area contributed by atoms with E-state index >= 15 is 0 Å². The number of aromatic carboxylic acids is 1. The van der Waals surface area contributed by atoms with E-state index in [1.807, 2.05) is 32.9 Å².